The molecule has 1 saturated carbocycles. The molecule has 0 spiro atoms. The van der Waals surface area contributed by atoms with Gasteiger partial charge in [-0.25, -0.2) is 4.68 Å². The van der Waals surface area contributed by atoms with Gasteiger partial charge in [0.25, 0.3) is 0 Å². The van der Waals surface area contributed by atoms with E-state index in [1.807, 2.05) is 6.92 Å². The number of Topliss-reactive ketones (excluding diaryl/α,β-unsaturated/α-hetero) is 1. The van der Waals surface area contributed by atoms with E-state index in [-0.39, 0.29) is 18.4 Å². The van der Waals surface area contributed by atoms with Crippen LogP contribution in [0.2, 0.25) is 0 Å². The van der Waals surface area contributed by atoms with Gasteiger partial charge in [0.2, 0.25) is 5.88 Å². The van der Waals surface area contributed by atoms with Crippen LogP contribution in [0.1, 0.15) is 39.5 Å². The molecule has 1 aliphatic rings. The third-order valence-corrected chi connectivity index (χ3v) is 3.85. The van der Waals surface area contributed by atoms with Crippen molar-refractivity contribution in [2.45, 2.75) is 46.1 Å². The molecule has 0 atom stereocenters. The summed E-state index contributed by atoms with van der Waals surface area (Å²) in [4.78, 5) is 23.7. The van der Waals surface area contributed by atoms with Gasteiger partial charge in [0.15, 0.2) is 0 Å². The third kappa shape index (κ3) is 3.40. The molecule has 1 aliphatic carbocycles. The first kappa shape index (κ1) is 15.5. The van der Waals surface area contributed by atoms with Crippen molar-refractivity contribution < 1.29 is 19.1 Å². The van der Waals surface area contributed by atoms with Gasteiger partial charge in [-0.15, -0.1) is 5.10 Å². The summed E-state index contributed by atoms with van der Waals surface area (Å²) < 4.78 is 12.5. The van der Waals surface area contributed by atoms with Crippen molar-refractivity contribution in [1.29, 1.82) is 0 Å². The average Bonchev–Trinajstić information content (AvgIpc) is 2.95. The third-order valence-electron chi connectivity index (χ3n) is 3.85. The van der Waals surface area contributed by atoms with Gasteiger partial charge in [-0.1, -0.05) is 5.21 Å². The van der Waals surface area contributed by atoms with Gasteiger partial charge in [0.1, 0.15) is 24.0 Å². The Morgan fingerprint density at radius 2 is 2.10 bits per heavy atom. The van der Waals surface area contributed by atoms with Gasteiger partial charge in [0.05, 0.1) is 6.61 Å². The summed E-state index contributed by atoms with van der Waals surface area (Å²) in [5.41, 5.74) is -0.743. The van der Waals surface area contributed by atoms with Crippen molar-refractivity contribution in [2.75, 3.05) is 13.2 Å². The molecule has 0 radical (unpaired) electrons. The topological polar surface area (TPSA) is 83.3 Å². The minimum atomic E-state index is -0.743. The first-order valence-corrected chi connectivity index (χ1v) is 7.31. The molecule has 0 bridgehead atoms. The van der Waals surface area contributed by atoms with Crippen molar-refractivity contribution >= 4 is 11.8 Å². The molecule has 1 fully saturated rings. The monoisotopic (exact) mass is 295 g/mol. The Morgan fingerprint density at radius 1 is 1.38 bits per heavy atom. The van der Waals surface area contributed by atoms with E-state index < -0.39 is 5.41 Å². The first-order chi connectivity index (χ1) is 10.1. The highest BCUT2D eigenvalue weighted by atomic mass is 16.5. The molecule has 1 aromatic rings. The van der Waals surface area contributed by atoms with Crippen molar-refractivity contribution in [3.8, 4) is 5.88 Å². The molecule has 116 valence electrons. The number of hydrogen-bond donors (Lipinski definition) is 0. The van der Waals surface area contributed by atoms with Crippen molar-refractivity contribution in [3.05, 3.63) is 6.20 Å². The molecular weight excluding hydrogens is 274 g/mol. The normalized spacial score (nSPS) is 17.5. The highest BCUT2D eigenvalue weighted by molar-refractivity contribution is 5.84. The van der Waals surface area contributed by atoms with Crippen LogP contribution < -0.4 is 4.74 Å². The molecule has 7 nitrogen and oxygen atoms in total. The van der Waals surface area contributed by atoms with Crippen LogP contribution in [0.25, 0.3) is 0 Å². The maximum Gasteiger partial charge on any atom is 0.315 e. The van der Waals surface area contributed by atoms with E-state index in [1.54, 1.807) is 11.6 Å². The highest BCUT2D eigenvalue weighted by Crippen LogP contribution is 2.36. The Bertz CT molecular complexity index is 502. The van der Waals surface area contributed by atoms with Crippen LogP contribution in [0.4, 0.5) is 0 Å². The number of ketones is 1. The number of rotatable bonds is 6. The van der Waals surface area contributed by atoms with Crippen molar-refractivity contribution in [2.24, 2.45) is 5.41 Å². The lowest BCUT2D eigenvalue weighted by Gasteiger charge is -2.33. The lowest BCUT2D eigenvalue weighted by molar-refractivity contribution is -0.160. The highest BCUT2D eigenvalue weighted by Gasteiger charge is 2.44. The second-order valence-electron chi connectivity index (χ2n) is 5.22. The Kier molecular flexibility index (Phi) is 4.93. The lowest BCUT2D eigenvalue weighted by atomic mass is 9.74. The SMILES string of the molecule is CCOC(=O)C1(COc2cnnn2CC)CCC(=O)CC1. The van der Waals surface area contributed by atoms with E-state index >= 15 is 0 Å². The molecular formula is C14H21N3O4. The summed E-state index contributed by atoms with van der Waals surface area (Å²) >= 11 is 0. The quantitative estimate of drug-likeness (QED) is 0.737. The van der Waals surface area contributed by atoms with Gasteiger partial charge < -0.3 is 9.47 Å². The van der Waals surface area contributed by atoms with Crippen LogP contribution >= 0.6 is 0 Å². The predicted octanol–water partition coefficient (Wildman–Crippen LogP) is 1.37. The molecule has 21 heavy (non-hydrogen) atoms. The van der Waals surface area contributed by atoms with Gasteiger partial charge in [-0.05, 0) is 26.7 Å². The van der Waals surface area contributed by atoms with E-state index in [4.69, 9.17) is 9.47 Å². The number of ether oxygens (including phenoxy) is 2. The van der Waals surface area contributed by atoms with Crippen LogP contribution in [-0.4, -0.2) is 40.0 Å². The fourth-order valence-corrected chi connectivity index (χ4v) is 2.49. The number of hydrogen-bond acceptors (Lipinski definition) is 6. The minimum absolute atomic E-state index is 0.187. The van der Waals surface area contributed by atoms with Crippen LogP contribution in [0, 0.1) is 5.41 Å². The summed E-state index contributed by atoms with van der Waals surface area (Å²) in [5.74, 6) is 0.432. The number of aromatic nitrogens is 3. The maximum atomic E-state index is 12.3. The molecule has 0 aliphatic heterocycles. The van der Waals surface area contributed by atoms with Gasteiger partial charge in [-0.2, -0.15) is 0 Å². The Hall–Kier alpha value is -1.92. The molecule has 1 aromatic heterocycles. The van der Waals surface area contributed by atoms with Crippen molar-refractivity contribution in [1.82, 2.24) is 15.0 Å². The zero-order valence-corrected chi connectivity index (χ0v) is 12.5. The van der Waals surface area contributed by atoms with E-state index in [2.05, 4.69) is 10.3 Å². The van der Waals surface area contributed by atoms with Crippen LogP contribution in [0.15, 0.2) is 6.20 Å². The molecule has 0 amide bonds. The standard InChI is InChI=1S/C14H21N3O4/c1-3-17-12(9-15-16-17)21-10-14(13(19)20-4-2)7-5-11(18)6-8-14/h9H,3-8,10H2,1-2H3. The van der Waals surface area contributed by atoms with E-state index in [1.165, 1.54) is 6.20 Å². The molecule has 7 heteroatoms. The largest absolute Gasteiger partial charge is 0.475 e. The number of esters is 1. The van der Waals surface area contributed by atoms with Crippen LogP contribution in [0.5, 0.6) is 5.88 Å². The zero-order valence-electron chi connectivity index (χ0n) is 12.5. The second-order valence-corrected chi connectivity index (χ2v) is 5.22. The smallest absolute Gasteiger partial charge is 0.315 e. The van der Waals surface area contributed by atoms with Gasteiger partial charge in [-0.3, -0.25) is 9.59 Å². The Labute approximate surface area is 123 Å². The van der Waals surface area contributed by atoms with Gasteiger partial charge in [0, 0.05) is 19.4 Å². The summed E-state index contributed by atoms with van der Waals surface area (Å²) in [6, 6.07) is 0. The van der Waals surface area contributed by atoms with Crippen LogP contribution in [0.3, 0.4) is 0 Å². The molecule has 0 saturated heterocycles. The number of aryl methyl sites for hydroxylation is 1. The number of nitrogens with zero attached hydrogens (tertiary/aromatic N) is 3. The minimum Gasteiger partial charge on any atom is -0.475 e. The first-order valence-electron chi connectivity index (χ1n) is 7.31. The van der Waals surface area contributed by atoms with Gasteiger partial charge >= 0.3 is 5.97 Å². The zero-order chi connectivity index (χ0) is 15.3. The predicted molar refractivity (Wildman–Crippen MR) is 73.7 cm³/mol. The Balaban J connectivity index is 2.09. The van der Waals surface area contributed by atoms with Crippen molar-refractivity contribution in [3.63, 3.8) is 0 Å². The fraction of sp³-hybridized carbons (Fsp3) is 0.714. The molecule has 1 heterocycles. The van der Waals surface area contributed by atoms with E-state index in [0.717, 1.165) is 0 Å². The Morgan fingerprint density at radius 3 is 2.71 bits per heavy atom. The lowest BCUT2D eigenvalue weighted by Crippen LogP contribution is -2.42. The van der Waals surface area contributed by atoms with E-state index in [0.29, 0.717) is 44.7 Å². The molecule has 2 rings (SSSR count). The van der Waals surface area contributed by atoms with E-state index in [9.17, 15) is 9.59 Å². The summed E-state index contributed by atoms with van der Waals surface area (Å²) in [7, 11) is 0. The number of carbonyl (C=O) groups excluding carboxylic acids is 2. The maximum absolute atomic E-state index is 12.3. The average molecular weight is 295 g/mol. The molecule has 0 aromatic carbocycles. The fourth-order valence-electron chi connectivity index (χ4n) is 2.49. The summed E-state index contributed by atoms with van der Waals surface area (Å²) in [5, 5.41) is 7.68. The second kappa shape index (κ2) is 6.69. The number of carbonyl (C=O) groups is 2. The summed E-state index contributed by atoms with van der Waals surface area (Å²) in [6.07, 6.45) is 3.26. The van der Waals surface area contributed by atoms with Crippen LogP contribution in [-0.2, 0) is 20.9 Å². The molecule has 0 N–H and O–H groups in total. The summed E-state index contributed by atoms with van der Waals surface area (Å²) in [6.45, 7) is 4.86. The molecule has 0 unspecified atom stereocenters.